The molecule has 16 aliphatic carbocycles. The molecule has 16 aliphatic rings. The molecular weight excluding hydrogens is 1300 g/mol. The van der Waals surface area contributed by atoms with E-state index in [0.717, 1.165) is 154 Å². The van der Waals surface area contributed by atoms with Gasteiger partial charge < -0.3 is 9.42 Å². The molecule has 24 unspecified atom stereocenters. The third kappa shape index (κ3) is 12.0. The number of hydrogen-bond donors (Lipinski definition) is 0. The summed E-state index contributed by atoms with van der Waals surface area (Å²) in [6, 6.07) is 10.5. The van der Waals surface area contributed by atoms with Gasteiger partial charge >= 0.3 is 0 Å². The monoisotopic (exact) mass is 1420 g/mol. The molecule has 0 radical (unpaired) electrons. The van der Waals surface area contributed by atoms with Gasteiger partial charge in [0, 0.05) is 124 Å². The molecule has 13 nitrogen and oxygen atoms in total. The fourth-order valence-corrected chi connectivity index (χ4v) is 28.3. The predicted molar refractivity (Wildman–Crippen MR) is 399 cm³/mol. The van der Waals surface area contributed by atoms with Gasteiger partial charge in [0.2, 0.25) is 11.8 Å². The summed E-state index contributed by atoms with van der Waals surface area (Å²) in [4.78, 5) is 119. The molecule has 1 aromatic carbocycles. The molecule has 1 amide bonds. The van der Waals surface area contributed by atoms with E-state index in [0.29, 0.717) is 156 Å². The summed E-state index contributed by atoms with van der Waals surface area (Å²) in [5.74, 6) is 11.2. The van der Waals surface area contributed by atoms with Crippen molar-refractivity contribution >= 4 is 52.2 Å². The van der Waals surface area contributed by atoms with Crippen molar-refractivity contribution in [3.05, 3.63) is 94.7 Å². The van der Waals surface area contributed by atoms with Crippen LogP contribution in [0.4, 0.5) is 0 Å². The highest BCUT2D eigenvalue weighted by Crippen LogP contribution is 2.69. The maximum atomic E-state index is 12.9. The predicted octanol–water partition coefficient (Wildman–Crippen LogP) is 17.6. The van der Waals surface area contributed by atoms with Gasteiger partial charge in [-0.3, -0.25) is 43.2 Å². The Bertz CT molecular complexity index is 3950. The number of nitrogens with zero attached hydrogens (tertiary/aromatic N) is 3. The molecule has 0 bridgehead atoms. The molecule has 2 aromatic rings. The number of carbonyl (C=O) groups excluding carboxylic acids is 9. The summed E-state index contributed by atoms with van der Waals surface area (Å²) < 4.78 is 5.18. The first-order valence-corrected chi connectivity index (χ1v) is 41.4. The van der Waals surface area contributed by atoms with Crippen LogP contribution < -0.4 is 0 Å². The van der Waals surface area contributed by atoms with E-state index in [2.05, 4.69) is 121 Å². The second-order valence-electron chi connectivity index (χ2n) is 39.3. The van der Waals surface area contributed by atoms with Gasteiger partial charge in [-0.2, -0.15) is 4.98 Å². The van der Waals surface area contributed by atoms with E-state index in [1.807, 2.05) is 6.07 Å². The van der Waals surface area contributed by atoms with Crippen molar-refractivity contribution < 1.29 is 47.7 Å². The first-order chi connectivity index (χ1) is 49.4. The minimum atomic E-state index is -0.153. The summed E-state index contributed by atoms with van der Waals surface area (Å²) in [5, 5.41) is 3.69. The lowest BCUT2D eigenvalue weighted by Crippen LogP contribution is -2.51. The largest absolute Gasteiger partial charge is 0.349 e. The zero-order valence-electron chi connectivity index (χ0n) is 64.9. The summed E-state index contributed by atoms with van der Waals surface area (Å²) >= 11 is 0. The normalized spacial score (nSPS) is 44.8. The minimum Gasteiger partial charge on any atom is -0.349 e. The van der Waals surface area contributed by atoms with Crippen LogP contribution in [-0.2, 0) is 56.0 Å². The number of fused-ring (bicyclic) bond motifs is 20. The number of aromatic nitrogens is 2. The van der Waals surface area contributed by atoms with E-state index in [9.17, 15) is 43.2 Å². The molecule has 0 N–H and O–H groups in total. The highest BCUT2D eigenvalue weighted by Gasteiger charge is 2.65. The fourth-order valence-electron chi connectivity index (χ4n) is 28.3. The van der Waals surface area contributed by atoms with Crippen LogP contribution >= 0.6 is 0 Å². The Kier molecular flexibility index (Phi) is 19.2. The lowest BCUT2D eigenvalue weighted by atomic mass is 9.47. The first-order valence-electron chi connectivity index (χ1n) is 41.4. The Morgan fingerprint density at radius 3 is 1.11 bits per heavy atom. The van der Waals surface area contributed by atoms with Crippen LogP contribution in [0.3, 0.4) is 0 Å². The van der Waals surface area contributed by atoms with Crippen LogP contribution in [0.25, 0.3) is 0 Å². The Balaban J connectivity index is 0.000000112. The molecule has 0 saturated heterocycles. The lowest BCUT2D eigenvalue weighted by Gasteiger charge is -2.57. The molecule has 0 spiro atoms. The maximum absolute atomic E-state index is 12.9. The summed E-state index contributed by atoms with van der Waals surface area (Å²) in [6.45, 7) is 20.6. The molecule has 13 heteroatoms. The standard InChI is InChI=1S/C26H32O2.C23H33NO3.C22H28N2O3.C20H28O2/c1-25-13-12-22-20(21(25)10-11-24(25)28)9-8-19-15-23(27)18(16-26(19,22)2)14-17-6-4-3-5-7-17;1-22-10-9-18-16(17(22)7-8-20(22)26)6-5-15-12-19(25)14(13-23(15,18)2)11-21(27)24(3)4;1-21-8-7-17-15(16(21)5-6-19(21)26)4-3-14-10-18(25)13(11-22(14,17)2)9-20-23-12-24-27-20;1-12-11-20(3)13(10-17(12)21)4-5-14-15-6-7-18(22)19(15,2)9-8-16(14)20/h3-8,18,20-22H,9-16H2,1-2H3;5,14,16-18H,6-13H2,1-4H3;3,12-13,15-17H,4-11H2,1-2H3;4,12,14-16H,5-11H2,1-3H3. The highest BCUT2D eigenvalue weighted by molar-refractivity contribution is 5.92. The third-order valence-corrected chi connectivity index (χ3v) is 34.5. The molecule has 12 fully saturated rings. The lowest BCUT2D eigenvalue weighted by molar-refractivity contribution is -0.138. The summed E-state index contributed by atoms with van der Waals surface area (Å²) in [5.41, 5.74) is 6.88. The zero-order chi connectivity index (χ0) is 73.6. The van der Waals surface area contributed by atoms with Gasteiger partial charge in [0.25, 0.3) is 0 Å². The van der Waals surface area contributed by atoms with Crippen molar-refractivity contribution in [2.45, 2.75) is 261 Å². The Labute approximate surface area is 619 Å². The molecule has 560 valence electrons. The number of Topliss-reactive ketones (excluding diaryl/α,β-unsaturated/α-hetero) is 8. The van der Waals surface area contributed by atoms with Crippen molar-refractivity contribution in [2.75, 3.05) is 14.1 Å². The third-order valence-electron chi connectivity index (χ3n) is 34.5. The van der Waals surface area contributed by atoms with Crippen LogP contribution in [0.5, 0.6) is 0 Å². The van der Waals surface area contributed by atoms with Crippen molar-refractivity contribution in [3.63, 3.8) is 0 Å². The van der Waals surface area contributed by atoms with Gasteiger partial charge in [-0.1, -0.05) is 144 Å². The SMILES string of the molecule is CC12CCC3C(CC=C4CC(=O)C(Cc5ccccc5)CC43C)C1CCC2=O.CC12CCC3C(CC=C4CC(=O)C(Cc5ncno5)CC43C)C1CCC2=O.CC1CC2(C)C(=CCC3C4CCC(=O)C4(C)CCC32)CC1=O.CN(C)C(=O)CC1CC2(C)C(=CCC3C4CCC(=O)C4(C)CCC32)CC1=O. The van der Waals surface area contributed by atoms with Gasteiger partial charge in [0.1, 0.15) is 46.3 Å². The number of ketones is 8. The number of carbonyl (C=O) groups is 9. The van der Waals surface area contributed by atoms with Crippen molar-refractivity contribution in [2.24, 2.45) is 138 Å². The van der Waals surface area contributed by atoms with Gasteiger partial charge in [-0.25, -0.2) is 0 Å². The quantitative estimate of drug-likeness (QED) is 0.249. The van der Waals surface area contributed by atoms with Crippen LogP contribution in [0.2, 0.25) is 0 Å². The van der Waals surface area contributed by atoms with Crippen molar-refractivity contribution in [1.29, 1.82) is 0 Å². The second-order valence-corrected chi connectivity index (χ2v) is 39.3. The minimum absolute atomic E-state index is 0.0149. The number of benzene rings is 1. The van der Waals surface area contributed by atoms with Crippen LogP contribution in [0, 0.1) is 138 Å². The second kappa shape index (κ2) is 27.1. The van der Waals surface area contributed by atoms with Gasteiger partial charge in [0.05, 0.1) is 0 Å². The molecule has 1 aromatic heterocycles. The van der Waals surface area contributed by atoms with E-state index in [4.69, 9.17) is 4.52 Å². The van der Waals surface area contributed by atoms with E-state index in [-0.39, 0.29) is 78.7 Å². The average molecular weight is 1420 g/mol. The molecule has 18 rings (SSSR count). The fraction of sp³-hybridized carbons (Fsp3) is 0.725. The Morgan fingerprint density at radius 2 is 0.750 bits per heavy atom. The smallest absolute Gasteiger partial charge is 0.227 e. The number of amides is 1. The Morgan fingerprint density at radius 1 is 0.423 bits per heavy atom. The van der Waals surface area contributed by atoms with Crippen molar-refractivity contribution in [1.82, 2.24) is 15.0 Å². The number of allylic oxidation sites excluding steroid dienone is 8. The average Bonchev–Trinajstić information content (AvgIpc) is 1.35. The maximum Gasteiger partial charge on any atom is 0.227 e. The molecule has 24 atom stereocenters. The summed E-state index contributed by atoms with van der Waals surface area (Å²) in [7, 11) is 3.52. The topological polar surface area (TPSA) is 196 Å². The van der Waals surface area contributed by atoms with Crippen LogP contribution in [-0.4, -0.2) is 81.3 Å². The van der Waals surface area contributed by atoms with E-state index in [1.54, 1.807) is 19.0 Å². The highest BCUT2D eigenvalue weighted by atomic mass is 16.5. The van der Waals surface area contributed by atoms with Crippen LogP contribution in [0.15, 0.2) is 87.8 Å². The van der Waals surface area contributed by atoms with Gasteiger partial charge in [-0.15, -0.1) is 0 Å². The first kappa shape index (κ1) is 73.7. The summed E-state index contributed by atoms with van der Waals surface area (Å²) in [6.07, 6.45) is 39.1. The number of rotatable bonds is 6. The molecule has 0 aliphatic heterocycles. The van der Waals surface area contributed by atoms with Gasteiger partial charge in [-0.05, 0) is 233 Å². The van der Waals surface area contributed by atoms with E-state index in [1.165, 1.54) is 40.6 Å². The van der Waals surface area contributed by atoms with E-state index >= 15 is 0 Å². The molecule has 12 saturated carbocycles. The van der Waals surface area contributed by atoms with Gasteiger partial charge in [0.15, 0.2) is 6.33 Å². The molecular formula is C91H121N3O10. The van der Waals surface area contributed by atoms with Crippen molar-refractivity contribution in [3.8, 4) is 0 Å². The van der Waals surface area contributed by atoms with Crippen LogP contribution in [0.1, 0.15) is 260 Å². The number of hydrogen-bond acceptors (Lipinski definition) is 12. The Hall–Kier alpha value is -5.85. The van der Waals surface area contributed by atoms with E-state index < -0.39 is 0 Å². The molecule has 104 heavy (non-hydrogen) atoms. The zero-order valence-corrected chi connectivity index (χ0v) is 64.9. The molecule has 1 heterocycles.